The SMILES string of the molecule is Cc1cc(-c2noc(N)c2-c2ccc(F)cc2Cl)co1. The summed E-state index contributed by atoms with van der Waals surface area (Å²) in [6.07, 6.45) is 1.55. The molecule has 2 heterocycles. The first-order valence-electron chi connectivity index (χ1n) is 5.82. The van der Waals surface area contributed by atoms with E-state index < -0.39 is 5.82 Å². The molecule has 20 heavy (non-hydrogen) atoms. The molecule has 0 amide bonds. The maximum atomic E-state index is 13.1. The number of aromatic nitrogens is 1. The summed E-state index contributed by atoms with van der Waals surface area (Å²) >= 11 is 6.07. The molecule has 0 unspecified atom stereocenters. The number of nitrogens with two attached hydrogens (primary N) is 1. The van der Waals surface area contributed by atoms with Gasteiger partial charge in [0.15, 0.2) is 0 Å². The van der Waals surface area contributed by atoms with Crippen molar-refractivity contribution in [2.75, 3.05) is 5.73 Å². The first-order valence-corrected chi connectivity index (χ1v) is 6.20. The highest BCUT2D eigenvalue weighted by Crippen LogP contribution is 2.40. The Bertz CT molecular complexity index is 779. The molecule has 1 aromatic carbocycles. The third-order valence-corrected chi connectivity index (χ3v) is 3.24. The number of anilines is 1. The van der Waals surface area contributed by atoms with Crippen LogP contribution < -0.4 is 5.73 Å². The second-order valence-electron chi connectivity index (χ2n) is 4.34. The van der Waals surface area contributed by atoms with Gasteiger partial charge >= 0.3 is 0 Å². The number of furan rings is 1. The number of nitrogens with zero attached hydrogens (tertiary/aromatic N) is 1. The summed E-state index contributed by atoms with van der Waals surface area (Å²) in [7, 11) is 0. The molecule has 3 rings (SSSR count). The second kappa shape index (κ2) is 4.68. The van der Waals surface area contributed by atoms with Crippen molar-refractivity contribution in [3.63, 3.8) is 0 Å². The number of halogens is 2. The zero-order valence-electron chi connectivity index (χ0n) is 10.5. The van der Waals surface area contributed by atoms with Gasteiger partial charge in [-0.15, -0.1) is 0 Å². The molecular formula is C14H10ClFN2O2. The Kier molecular flexibility index (Phi) is 2.99. The Hall–Kier alpha value is -2.27. The second-order valence-corrected chi connectivity index (χ2v) is 4.75. The normalized spacial score (nSPS) is 10.9. The number of nitrogen functional groups attached to an aromatic ring is 1. The molecule has 6 heteroatoms. The lowest BCUT2D eigenvalue weighted by Gasteiger charge is -2.04. The van der Waals surface area contributed by atoms with Crippen LogP contribution >= 0.6 is 11.6 Å². The molecule has 0 radical (unpaired) electrons. The van der Waals surface area contributed by atoms with Crippen LogP contribution in [0.4, 0.5) is 10.3 Å². The molecule has 0 aliphatic heterocycles. The van der Waals surface area contributed by atoms with E-state index in [2.05, 4.69) is 5.16 Å². The van der Waals surface area contributed by atoms with Crippen LogP contribution in [0, 0.1) is 12.7 Å². The van der Waals surface area contributed by atoms with E-state index in [0.717, 1.165) is 11.3 Å². The lowest BCUT2D eigenvalue weighted by molar-refractivity contribution is 0.439. The van der Waals surface area contributed by atoms with Gasteiger partial charge in [-0.2, -0.15) is 0 Å². The van der Waals surface area contributed by atoms with Crippen molar-refractivity contribution in [2.45, 2.75) is 6.92 Å². The van der Waals surface area contributed by atoms with Gasteiger partial charge in [-0.05, 0) is 31.2 Å². The van der Waals surface area contributed by atoms with Gasteiger partial charge in [0.05, 0.1) is 10.6 Å². The van der Waals surface area contributed by atoms with Gasteiger partial charge in [0.1, 0.15) is 23.5 Å². The number of rotatable bonds is 2. The molecule has 0 saturated carbocycles. The van der Waals surface area contributed by atoms with Gasteiger partial charge in [0.2, 0.25) is 5.88 Å². The van der Waals surface area contributed by atoms with E-state index in [1.54, 1.807) is 12.3 Å². The Morgan fingerprint density at radius 2 is 2.10 bits per heavy atom. The highest BCUT2D eigenvalue weighted by atomic mass is 35.5. The number of aryl methyl sites for hydroxylation is 1. The summed E-state index contributed by atoms with van der Waals surface area (Å²) in [4.78, 5) is 0. The number of hydrogen-bond donors (Lipinski definition) is 1. The molecule has 2 N–H and O–H groups in total. The van der Waals surface area contributed by atoms with Crippen LogP contribution in [0.1, 0.15) is 5.76 Å². The Labute approximate surface area is 118 Å². The zero-order valence-corrected chi connectivity index (χ0v) is 11.2. The largest absolute Gasteiger partial charge is 0.469 e. The fourth-order valence-corrected chi connectivity index (χ4v) is 2.28. The van der Waals surface area contributed by atoms with Crippen LogP contribution in [-0.4, -0.2) is 5.16 Å². The topological polar surface area (TPSA) is 65.2 Å². The maximum Gasteiger partial charge on any atom is 0.230 e. The summed E-state index contributed by atoms with van der Waals surface area (Å²) in [6, 6.07) is 5.86. The lowest BCUT2D eigenvalue weighted by atomic mass is 10.0. The average molecular weight is 293 g/mol. The molecule has 0 spiro atoms. The molecule has 0 aliphatic carbocycles. The number of hydrogen-bond acceptors (Lipinski definition) is 4. The molecule has 0 atom stereocenters. The third kappa shape index (κ3) is 2.06. The van der Waals surface area contributed by atoms with E-state index in [1.165, 1.54) is 18.2 Å². The Balaban J connectivity index is 2.21. The minimum absolute atomic E-state index is 0.118. The van der Waals surface area contributed by atoms with Crippen molar-refractivity contribution < 1.29 is 13.3 Å². The third-order valence-electron chi connectivity index (χ3n) is 2.92. The summed E-state index contributed by atoms with van der Waals surface area (Å²) in [5.74, 6) is 0.430. The van der Waals surface area contributed by atoms with E-state index in [4.69, 9.17) is 26.3 Å². The Morgan fingerprint density at radius 3 is 2.75 bits per heavy atom. The molecule has 4 nitrogen and oxygen atoms in total. The minimum Gasteiger partial charge on any atom is -0.469 e. The van der Waals surface area contributed by atoms with E-state index in [0.29, 0.717) is 16.8 Å². The highest BCUT2D eigenvalue weighted by Gasteiger charge is 2.21. The van der Waals surface area contributed by atoms with Crippen LogP contribution in [0.15, 0.2) is 39.5 Å². The van der Waals surface area contributed by atoms with Gasteiger partial charge in [0.25, 0.3) is 0 Å². The highest BCUT2D eigenvalue weighted by molar-refractivity contribution is 6.33. The van der Waals surface area contributed by atoms with E-state index in [1.807, 2.05) is 6.92 Å². The maximum absolute atomic E-state index is 13.1. The van der Waals surface area contributed by atoms with Crippen molar-refractivity contribution in [3.05, 3.63) is 47.1 Å². The van der Waals surface area contributed by atoms with Crippen LogP contribution in [0.5, 0.6) is 0 Å². The number of benzene rings is 1. The van der Waals surface area contributed by atoms with Gasteiger partial charge < -0.3 is 14.7 Å². The monoisotopic (exact) mass is 292 g/mol. The molecule has 102 valence electrons. The smallest absolute Gasteiger partial charge is 0.230 e. The molecule has 0 saturated heterocycles. The summed E-state index contributed by atoms with van der Waals surface area (Å²) in [5.41, 5.74) is 8.12. The first-order chi connectivity index (χ1) is 9.56. The minimum atomic E-state index is -0.422. The van der Waals surface area contributed by atoms with E-state index in [-0.39, 0.29) is 10.9 Å². The van der Waals surface area contributed by atoms with Crippen molar-refractivity contribution >= 4 is 17.5 Å². The average Bonchev–Trinajstić information content (AvgIpc) is 2.96. The van der Waals surface area contributed by atoms with Crippen molar-refractivity contribution in [2.24, 2.45) is 0 Å². The van der Waals surface area contributed by atoms with Crippen molar-refractivity contribution in [1.82, 2.24) is 5.16 Å². The molecule has 3 aromatic rings. The molecule has 0 aliphatic rings. The fourth-order valence-electron chi connectivity index (χ4n) is 2.02. The molecular weight excluding hydrogens is 283 g/mol. The predicted molar refractivity (Wildman–Crippen MR) is 73.8 cm³/mol. The van der Waals surface area contributed by atoms with Crippen LogP contribution in [0.3, 0.4) is 0 Å². The Morgan fingerprint density at radius 1 is 1.30 bits per heavy atom. The quantitative estimate of drug-likeness (QED) is 0.765. The first kappa shape index (κ1) is 12.7. The predicted octanol–water partition coefficient (Wildman–Crippen LogP) is 4.28. The van der Waals surface area contributed by atoms with Gasteiger partial charge in [-0.25, -0.2) is 4.39 Å². The van der Waals surface area contributed by atoms with Gasteiger partial charge in [0, 0.05) is 11.1 Å². The fraction of sp³-hybridized carbons (Fsp3) is 0.0714. The van der Waals surface area contributed by atoms with E-state index >= 15 is 0 Å². The van der Waals surface area contributed by atoms with Crippen LogP contribution in [-0.2, 0) is 0 Å². The van der Waals surface area contributed by atoms with Crippen LogP contribution in [0.2, 0.25) is 5.02 Å². The van der Waals surface area contributed by atoms with E-state index in [9.17, 15) is 4.39 Å². The van der Waals surface area contributed by atoms with Crippen molar-refractivity contribution in [3.8, 4) is 22.4 Å². The molecule has 0 fully saturated rings. The lowest BCUT2D eigenvalue weighted by Crippen LogP contribution is -1.89. The standard InChI is InChI=1S/C14H10ClFN2O2/c1-7-4-8(6-19-7)13-12(14(17)20-18-13)10-3-2-9(16)5-11(10)15/h2-6H,17H2,1H3. The zero-order chi connectivity index (χ0) is 14.3. The van der Waals surface area contributed by atoms with Crippen molar-refractivity contribution in [1.29, 1.82) is 0 Å². The molecule has 0 bridgehead atoms. The summed E-state index contributed by atoms with van der Waals surface area (Å²) in [6.45, 7) is 1.82. The summed E-state index contributed by atoms with van der Waals surface area (Å²) in [5, 5.41) is 4.16. The van der Waals surface area contributed by atoms with Gasteiger partial charge in [-0.3, -0.25) is 0 Å². The summed E-state index contributed by atoms with van der Waals surface area (Å²) < 4.78 is 23.4. The van der Waals surface area contributed by atoms with Crippen LogP contribution in [0.25, 0.3) is 22.4 Å². The van der Waals surface area contributed by atoms with Gasteiger partial charge in [-0.1, -0.05) is 16.8 Å². The molecule has 2 aromatic heterocycles.